The van der Waals surface area contributed by atoms with Gasteiger partial charge in [0, 0.05) is 11.1 Å². The highest BCUT2D eigenvalue weighted by molar-refractivity contribution is 5.71. The van der Waals surface area contributed by atoms with E-state index in [1.807, 2.05) is 0 Å². The van der Waals surface area contributed by atoms with Gasteiger partial charge in [-0.1, -0.05) is 95.8 Å². The number of hydrogen-bond donors (Lipinski definition) is 1. The van der Waals surface area contributed by atoms with Crippen LogP contribution in [0, 0.1) is 0 Å². The van der Waals surface area contributed by atoms with Crippen molar-refractivity contribution in [2.75, 3.05) is 0 Å². The Morgan fingerprint density at radius 2 is 1.08 bits per heavy atom. The van der Waals surface area contributed by atoms with Crippen LogP contribution < -0.4 is 0 Å². The summed E-state index contributed by atoms with van der Waals surface area (Å²) in [6.07, 6.45) is 23.4. The Morgan fingerprint density at radius 1 is 0.680 bits per heavy atom. The molecule has 0 unspecified atom stereocenters. The quantitative estimate of drug-likeness (QED) is 0.382. The van der Waals surface area contributed by atoms with Crippen molar-refractivity contribution in [1.82, 2.24) is 0 Å². The maximum absolute atomic E-state index is 10.6. The van der Waals surface area contributed by atoms with Crippen LogP contribution in [0.15, 0.2) is 30.4 Å². The summed E-state index contributed by atoms with van der Waals surface area (Å²) in [7, 11) is 0. The van der Waals surface area contributed by atoms with Crippen molar-refractivity contribution in [2.45, 2.75) is 78.6 Å². The standard InChI is InChI=1S/C24H36O/c1-4-7-10-13-16-21-19-22(17-14-11-8-5-2)24(25)23(20-21)18-15-12-9-6-3/h13-20,25H,4-12H2,1-3H3. The third kappa shape index (κ3) is 8.77. The first-order chi connectivity index (χ1) is 12.2. The first-order valence-corrected chi connectivity index (χ1v) is 10.1. The van der Waals surface area contributed by atoms with Gasteiger partial charge in [-0.3, -0.25) is 0 Å². The summed E-state index contributed by atoms with van der Waals surface area (Å²) in [6.45, 7) is 6.62. The number of hydrogen-bond acceptors (Lipinski definition) is 1. The van der Waals surface area contributed by atoms with Crippen LogP contribution in [0.3, 0.4) is 0 Å². The molecule has 1 rings (SSSR count). The number of aromatic hydroxyl groups is 1. The Kier molecular flexibility index (Phi) is 11.5. The highest BCUT2D eigenvalue weighted by atomic mass is 16.3. The van der Waals surface area contributed by atoms with Crippen LogP contribution >= 0.6 is 0 Å². The monoisotopic (exact) mass is 340 g/mol. The number of unbranched alkanes of at least 4 members (excludes halogenated alkanes) is 6. The van der Waals surface area contributed by atoms with E-state index in [-0.39, 0.29) is 0 Å². The predicted molar refractivity (Wildman–Crippen MR) is 114 cm³/mol. The lowest BCUT2D eigenvalue weighted by atomic mass is 10.0. The first kappa shape index (κ1) is 21.3. The molecule has 0 atom stereocenters. The molecule has 0 spiro atoms. The highest BCUT2D eigenvalue weighted by Gasteiger charge is 2.05. The van der Waals surface area contributed by atoms with E-state index in [4.69, 9.17) is 0 Å². The molecule has 0 aromatic heterocycles. The fraction of sp³-hybridized carbons (Fsp3) is 0.500. The summed E-state index contributed by atoms with van der Waals surface area (Å²) in [5, 5.41) is 10.6. The average Bonchev–Trinajstić information content (AvgIpc) is 2.62. The van der Waals surface area contributed by atoms with E-state index >= 15 is 0 Å². The Bertz CT molecular complexity index is 524. The zero-order valence-corrected chi connectivity index (χ0v) is 16.4. The van der Waals surface area contributed by atoms with E-state index in [1.54, 1.807) is 0 Å². The maximum atomic E-state index is 10.6. The molecule has 0 radical (unpaired) electrons. The Morgan fingerprint density at radius 3 is 1.48 bits per heavy atom. The molecule has 0 saturated carbocycles. The van der Waals surface area contributed by atoms with Gasteiger partial charge < -0.3 is 5.11 Å². The van der Waals surface area contributed by atoms with E-state index in [9.17, 15) is 5.11 Å². The van der Waals surface area contributed by atoms with Crippen LogP contribution in [0.1, 0.15) is 95.2 Å². The minimum Gasteiger partial charge on any atom is -0.507 e. The minimum atomic E-state index is 0.395. The average molecular weight is 341 g/mol. The SMILES string of the molecule is CCCCC=Cc1cc(C=CCCCC)c(O)c(C=CCCCC)c1. The smallest absolute Gasteiger partial charge is 0.130 e. The zero-order chi connectivity index (χ0) is 18.3. The Balaban J connectivity index is 3.00. The van der Waals surface area contributed by atoms with Crippen LogP contribution in [-0.4, -0.2) is 5.11 Å². The van der Waals surface area contributed by atoms with Crippen molar-refractivity contribution in [3.05, 3.63) is 47.1 Å². The molecule has 0 fully saturated rings. The molecular weight excluding hydrogens is 304 g/mol. The first-order valence-electron chi connectivity index (χ1n) is 10.1. The van der Waals surface area contributed by atoms with Crippen molar-refractivity contribution < 1.29 is 5.11 Å². The molecule has 1 aromatic rings. The summed E-state index contributed by atoms with van der Waals surface area (Å²) in [5.41, 5.74) is 3.01. The third-order valence-electron chi connectivity index (χ3n) is 4.27. The highest BCUT2D eigenvalue weighted by Crippen LogP contribution is 2.28. The van der Waals surface area contributed by atoms with Crippen LogP contribution in [0.4, 0.5) is 0 Å². The number of benzene rings is 1. The molecule has 0 aliphatic carbocycles. The molecule has 0 heterocycles. The van der Waals surface area contributed by atoms with Crippen molar-refractivity contribution >= 4 is 18.2 Å². The second-order valence-corrected chi connectivity index (χ2v) is 6.68. The van der Waals surface area contributed by atoms with Gasteiger partial charge in [0.25, 0.3) is 0 Å². The zero-order valence-electron chi connectivity index (χ0n) is 16.4. The predicted octanol–water partition coefficient (Wildman–Crippen LogP) is 8.00. The molecule has 1 N–H and O–H groups in total. The van der Waals surface area contributed by atoms with Crippen molar-refractivity contribution in [3.8, 4) is 5.75 Å². The lowest BCUT2D eigenvalue weighted by Gasteiger charge is -2.07. The topological polar surface area (TPSA) is 20.2 Å². The van der Waals surface area contributed by atoms with Gasteiger partial charge in [-0.05, 0) is 37.0 Å². The Hall–Kier alpha value is -1.76. The second kappa shape index (κ2) is 13.5. The number of allylic oxidation sites excluding steroid dienone is 3. The summed E-state index contributed by atoms with van der Waals surface area (Å²) in [4.78, 5) is 0. The van der Waals surface area contributed by atoms with E-state index in [1.165, 1.54) is 44.1 Å². The van der Waals surface area contributed by atoms with Gasteiger partial charge in [-0.25, -0.2) is 0 Å². The van der Waals surface area contributed by atoms with Gasteiger partial charge in [-0.2, -0.15) is 0 Å². The van der Waals surface area contributed by atoms with Gasteiger partial charge in [0.1, 0.15) is 5.75 Å². The largest absolute Gasteiger partial charge is 0.507 e. The third-order valence-corrected chi connectivity index (χ3v) is 4.27. The van der Waals surface area contributed by atoms with Gasteiger partial charge in [0.2, 0.25) is 0 Å². The molecule has 0 aliphatic rings. The van der Waals surface area contributed by atoms with Crippen LogP contribution in [0.5, 0.6) is 5.75 Å². The number of phenols is 1. The fourth-order valence-electron chi connectivity index (χ4n) is 2.66. The van der Waals surface area contributed by atoms with Gasteiger partial charge in [0.15, 0.2) is 0 Å². The minimum absolute atomic E-state index is 0.395. The van der Waals surface area contributed by atoms with E-state index in [0.717, 1.165) is 30.4 Å². The van der Waals surface area contributed by atoms with Gasteiger partial charge in [0.05, 0.1) is 0 Å². The lowest BCUT2D eigenvalue weighted by Crippen LogP contribution is -1.85. The van der Waals surface area contributed by atoms with Gasteiger partial charge in [-0.15, -0.1) is 0 Å². The van der Waals surface area contributed by atoms with Crippen molar-refractivity contribution in [1.29, 1.82) is 0 Å². The molecule has 1 heteroatoms. The Labute approximate surface area is 155 Å². The molecule has 0 bridgehead atoms. The normalized spacial score (nSPS) is 12.1. The van der Waals surface area contributed by atoms with Crippen molar-refractivity contribution in [2.24, 2.45) is 0 Å². The van der Waals surface area contributed by atoms with E-state index in [0.29, 0.717) is 5.75 Å². The van der Waals surface area contributed by atoms with Gasteiger partial charge >= 0.3 is 0 Å². The van der Waals surface area contributed by atoms with Crippen LogP contribution in [-0.2, 0) is 0 Å². The summed E-state index contributed by atoms with van der Waals surface area (Å²) < 4.78 is 0. The number of rotatable bonds is 12. The maximum Gasteiger partial charge on any atom is 0.130 e. The molecule has 25 heavy (non-hydrogen) atoms. The van der Waals surface area contributed by atoms with E-state index < -0.39 is 0 Å². The molecule has 138 valence electrons. The van der Waals surface area contributed by atoms with Crippen LogP contribution in [0.25, 0.3) is 18.2 Å². The molecular formula is C24H36O. The van der Waals surface area contributed by atoms with E-state index in [2.05, 4.69) is 69.4 Å². The molecule has 1 nitrogen and oxygen atoms in total. The lowest BCUT2D eigenvalue weighted by molar-refractivity contribution is 0.472. The molecule has 1 aromatic carbocycles. The summed E-state index contributed by atoms with van der Waals surface area (Å²) >= 11 is 0. The summed E-state index contributed by atoms with van der Waals surface area (Å²) in [5.74, 6) is 0.395. The molecule has 0 amide bonds. The van der Waals surface area contributed by atoms with Crippen LogP contribution in [0.2, 0.25) is 0 Å². The second-order valence-electron chi connectivity index (χ2n) is 6.68. The number of phenolic OH excluding ortho intramolecular Hbond substituents is 1. The molecule has 0 saturated heterocycles. The summed E-state index contributed by atoms with van der Waals surface area (Å²) in [6, 6.07) is 4.17. The molecule has 0 aliphatic heterocycles. The van der Waals surface area contributed by atoms with Crippen molar-refractivity contribution in [3.63, 3.8) is 0 Å². The fourth-order valence-corrected chi connectivity index (χ4v) is 2.66.